The average Bonchev–Trinajstić information content (AvgIpc) is 2.61. The van der Waals surface area contributed by atoms with Crippen LogP contribution in [0.25, 0.3) is 10.9 Å². The zero-order valence-corrected chi connectivity index (χ0v) is 8.82. The lowest BCUT2D eigenvalue weighted by molar-refractivity contribution is 0.416. The summed E-state index contributed by atoms with van der Waals surface area (Å²) >= 11 is 0. The molecule has 1 aromatic heterocycles. The molecule has 0 amide bonds. The first-order chi connectivity index (χ1) is 7.27. The maximum absolute atomic E-state index is 8.71. The quantitative estimate of drug-likeness (QED) is 0.745. The molecule has 1 heterocycles. The van der Waals surface area contributed by atoms with Crippen LogP contribution < -0.4 is 4.74 Å². The van der Waals surface area contributed by atoms with Crippen molar-refractivity contribution in [3.63, 3.8) is 0 Å². The van der Waals surface area contributed by atoms with Gasteiger partial charge in [-0.15, -0.1) is 0 Å². The van der Waals surface area contributed by atoms with E-state index in [1.54, 1.807) is 7.11 Å². The minimum atomic E-state index is 0.383. The van der Waals surface area contributed by atoms with Crippen molar-refractivity contribution in [1.82, 2.24) is 4.57 Å². The van der Waals surface area contributed by atoms with Crippen molar-refractivity contribution < 1.29 is 4.74 Å². The molecular weight excluding hydrogens is 188 g/mol. The molecule has 0 atom stereocenters. The molecule has 2 rings (SSSR count). The van der Waals surface area contributed by atoms with E-state index in [9.17, 15) is 0 Å². The number of methoxy groups -OCH3 is 1. The Bertz CT molecular complexity index is 534. The van der Waals surface area contributed by atoms with Crippen molar-refractivity contribution >= 4 is 10.9 Å². The van der Waals surface area contributed by atoms with Crippen LogP contribution in [0, 0.1) is 11.3 Å². The van der Waals surface area contributed by atoms with Gasteiger partial charge in [0.05, 0.1) is 25.1 Å². The Morgan fingerprint density at radius 2 is 2.20 bits per heavy atom. The summed E-state index contributed by atoms with van der Waals surface area (Å²) in [6, 6.07) is 8.12. The van der Waals surface area contributed by atoms with E-state index in [0.29, 0.717) is 6.42 Å². The van der Waals surface area contributed by atoms with Crippen molar-refractivity contribution in [2.45, 2.75) is 6.42 Å². The van der Waals surface area contributed by atoms with Crippen LogP contribution in [0.1, 0.15) is 5.56 Å². The van der Waals surface area contributed by atoms with Crippen LogP contribution in [0.4, 0.5) is 0 Å². The van der Waals surface area contributed by atoms with Crippen molar-refractivity contribution in [2.75, 3.05) is 7.11 Å². The summed E-state index contributed by atoms with van der Waals surface area (Å²) < 4.78 is 7.40. The molecule has 2 aromatic rings. The van der Waals surface area contributed by atoms with E-state index < -0.39 is 0 Å². The van der Waals surface area contributed by atoms with Gasteiger partial charge in [0.15, 0.2) is 0 Å². The predicted molar refractivity (Wildman–Crippen MR) is 58.8 cm³/mol. The highest BCUT2D eigenvalue weighted by molar-refractivity contribution is 5.88. The van der Waals surface area contributed by atoms with Gasteiger partial charge in [-0.3, -0.25) is 0 Å². The Morgan fingerprint density at radius 1 is 1.40 bits per heavy atom. The smallest absolute Gasteiger partial charge is 0.132 e. The van der Waals surface area contributed by atoms with Gasteiger partial charge in [0, 0.05) is 24.2 Å². The van der Waals surface area contributed by atoms with E-state index >= 15 is 0 Å². The monoisotopic (exact) mass is 200 g/mol. The number of hydrogen-bond donors (Lipinski definition) is 0. The van der Waals surface area contributed by atoms with Gasteiger partial charge in [0.25, 0.3) is 0 Å². The van der Waals surface area contributed by atoms with Gasteiger partial charge in [-0.05, 0) is 12.1 Å². The third kappa shape index (κ3) is 1.44. The van der Waals surface area contributed by atoms with Crippen LogP contribution in [0.15, 0.2) is 24.4 Å². The Balaban J connectivity index is 2.71. The van der Waals surface area contributed by atoms with Crippen LogP contribution in [0.5, 0.6) is 5.75 Å². The maximum atomic E-state index is 8.71. The Hall–Kier alpha value is -1.95. The van der Waals surface area contributed by atoms with Gasteiger partial charge < -0.3 is 9.30 Å². The summed E-state index contributed by atoms with van der Waals surface area (Å²) in [4.78, 5) is 0. The molecule has 0 aliphatic carbocycles. The topological polar surface area (TPSA) is 37.9 Å². The maximum Gasteiger partial charge on any atom is 0.132 e. The lowest BCUT2D eigenvalue weighted by Gasteiger charge is -2.07. The van der Waals surface area contributed by atoms with E-state index in [-0.39, 0.29) is 0 Å². The molecule has 0 bridgehead atoms. The van der Waals surface area contributed by atoms with E-state index in [2.05, 4.69) is 6.07 Å². The third-order valence-corrected chi connectivity index (χ3v) is 2.57. The first kappa shape index (κ1) is 9.60. The Labute approximate surface area is 88.5 Å². The zero-order valence-electron chi connectivity index (χ0n) is 8.82. The molecule has 0 radical (unpaired) electrons. The van der Waals surface area contributed by atoms with E-state index in [1.807, 2.05) is 36.0 Å². The molecule has 0 N–H and O–H groups in total. The number of benzene rings is 1. The second-order valence-corrected chi connectivity index (χ2v) is 3.45. The fourth-order valence-corrected chi connectivity index (χ4v) is 1.83. The van der Waals surface area contributed by atoms with Gasteiger partial charge in [0.1, 0.15) is 5.75 Å². The molecule has 0 aliphatic rings. The van der Waals surface area contributed by atoms with Crippen LogP contribution in [-0.2, 0) is 13.5 Å². The van der Waals surface area contributed by atoms with Gasteiger partial charge in [-0.1, -0.05) is 6.07 Å². The van der Waals surface area contributed by atoms with E-state index in [4.69, 9.17) is 10.00 Å². The molecule has 0 aliphatic heterocycles. The second-order valence-electron chi connectivity index (χ2n) is 3.45. The fourth-order valence-electron chi connectivity index (χ4n) is 1.83. The number of ether oxygens (including phenoxy) is 1. The number of fused-ring (bicyclic) bond motifs is 1. The molecule has 0 spiro atoms. The fraction of sp³-hybridized carbons (Fsp3) is 0.250. The molecule has 0 saturated heterocycles. The lowest BCUT2D eigenvalue weighted by atomic mass is 10.1. The molecule has 3 heteroatoms. The number of aryl methyl sites for hydroxylation is 1. The van der Waals surface area contributed by atoms with Crippen LogP contribution in [0.3, 0.4) is 0 Å². The molecule has 0 saturated carbocycles. The summed E-state index contributed by atoms with van der Waals surface area (Å²) in [5, 5.41) is 9.77. The number of aromatic nitrogens is 1. The highest BCUT2D eigenvalue weighted by Gasteiger charge is 2.09. The number of rotatable bonds is 2. The van der Waals surface area contributed by atoms with Gasteiger partial charge in [-0.25, -0.2) is 0 Å². The highest BCUT2D eigenvalue weighted by atomic mass is 16.5. The van der Waals surface area contributed by atoms with Crippen molar-refractivity contribution in [2.24, 2.45) is 7.05 Å². The van der Waals surface area contributed by atoms with Crippen LogP contribution in [-0.4, -0.2) is 11.7 Å². The second kappa shape index (κ2) is 3.66. The SMILES string of the molecule is COc1c(CC#N)ccc2c1ccn2C. The molecule has 3 nitrogen and oxygen atoms in total. The summed E-state index contributed by atoms with van der Waals surface area (Å²) in [6.07, 6.45) is 2.37. The normalized spacial score (nSPS) is 10.2. The molecule has 1 aromatic carbocycles. The number of nitrogens with zero attached hydrogens (tertiary/aromatic N) is 2. The van der Waals surface area contributed by atoms with Gasteiger partial charge in [-0.2, -0.15) is 5.26 Å². The molecule has 0 unspecified atom stereocenters. The number of hydrogen-bond acceptors (Lipinski definition) is 2. The first-order valence-electron chi connectivity index (χ1n) is 4.75. The Morgan fingerprint density at radius 3 is 2.87 bits per heavy atom. The minimum absolute atomic E-state index is 0.383. The summed E-state index contributed by atoms with van der Waals surface area (Å²) in [6.45, 7) is 0. The van der Waals surface area contributed by atoms with Crippen molar-refractivity contribution in [3.8, 4) is 11.8 Å². The van der Waals surface area contributed by atoms with Gasteiger partial charge >= 0.3 is 0 Å². The van der Waals surface area contributed by atoms with E-state index in [1.165, 1.54) is 0 Å². The molecular formula is C12H12N2O. The van der Waals surface area contributed by atoms with Crippen molar-refractivity contribution in [1.29, 1.82) is 5.26 Å². The summed E-state index contributed by atoms with van der Waals surface area (Å²) in [5.41, 5.74) is 2.06. The largest absolute Gasteiger partial charge is 0.496 e. The molecule has 15 heavy (non-hydrogen) atoms. The summed E-state index contributed by atoms with van der Waals surface area (Å²) in [7, 11) is 3.63. The first-order valence-corrected chi connectivity index (χ1v) is 4.75. The third-order valence-electron chi connectivity index (χ3n) is 2.57. The Kier molecular flexibility index (Phi) is 2.34. The highest BCUT2D eigenvalue weighted by Crippen LogP contribution is 2.30. The van der Waals surface area contributed by atoms with Crippen LogP contribution >= 0.6 is 0 Å². The van der Waals surface area contributed by atoms with Crippen molar-refractivity contribution in [3.05, 3.63) is 30.0 Å². The van der Waals surface area contributed by atoms with E-state index in [0.717, 1.165) is 22.2 Å². The summed E-state index contributed by atoms with van der Waals surface area (Å²) in [5.74, 6) is 0.814. The standard InChI is InChI=1S/C12H12N2O/c1-14-8-6-10-11(14)4-3-9(5-7-13)12(10)15-2/h3-4,6,8H,5H2,1-2H3. The van der Waals surface area contributed by atoms with Gasteiger partial charge in [0.2, 0.25) is 0 Å². The lowest BCUT2D eigenvalue weighted by Crippen LogP contribution is -1.92. The molecule has 76 valence electrons. The predicted octanol–water partition coefficient (Wildman–Crippen LogP) is 2.25. The molecule has 0 fully saturated rings. The minimum Gasteiger partial charge on any atom is -0.496 e. The number of nitriles is 1. The average molecular weight is 200 g/mol. The van der Waals surface area contributed by atoms with Crippen LogP contribution in [0.2, 0.25) is 0 Å². The zero-order chi connectivity index (χ0) is 10.8.